The van der Waals surface area contributed by atoms with Crippen LogP contribution in [0.4, 0.5) is 0 Å². The van der Waals surface area contributed by atoms with Gasteiger partial charge in [-0.25, -0.2) is 0 Å². The lowest BCUT2D eigenvalue weighted by Crippen LogP contribution is -2.41. The zero-order chi connectivity index (χ0) is 15.4. The molecule has 1 nitrogen and oxygen atoms in total. The van der Waals surface area contributed by atoms with Crippen LogP contribution in [0.3, 0.4) is 0 Å². The first-order valence-electron chi connectivity index (χ1n) is 8.18. The van der Waals surface area contributed by atoms with Gasteiger partial charge in [0, 0.05) is 16.1 Å². The summed E-state index contributed by atoms with van der Waals surface area (Å²) in [6.07, 6.45) is 5.00. The van der Waals surface area contributed by atoms with Crippen molar-refractivity contribution in [1.82, 2.24) is 5.32 Å². The molecule has 2 rings (SSSR count). The van der Waals surface area contributed by atoms with E-state index in [1.807, 2.05) is 12.1 Å². The first kappa shape index (κ1) is 17.1. The van der Waals surface area contributed by atoms with Gasteiger partial charge < -0.3 is 5.32 Å². The molecule has 0 spiro atoms. The Morgan fingerprint density at radius 2 is 1.95 bits per heavy atom. The predicted molar refractivity (Wildman–Crippen MR) is 93.3 cm³/mol. The molecule has 0 aliphatic heterocycles. The first-order valence-corrected chi connectivity index (χ1v) is 8.94. The maximum absolute atomic E-state index is 6.35. The highest BCUT2D eigenvalue weighted by Gasteiger charge is 2.30. The summed E-state index contributed by atoms with van der Waals surface area (Å²) in [5, 5.41) is 5.19. The fourth-order valence-electron chi connectivity index (χ4n) is 3.55. The van der Waals surface area contributed by atoms with E-state index in [0.717, 1.165) is 35.7 Å². The standard InChI is InChI=1S/C18H27Cl2N/c1-4-21-18(15-6-5-12(2)13(3)9-15)10-14-7-8-16(19)11-17(14)20/h7-8,11-13,15,18,21H,4-6,9-10H2,1-3H3. The van der Waals surface area contributed by atoms with Crippen LogP contribution in [0.15, 0.2) is 18.2 Å². The van der Waals surface area contributed by atoms with Crippen LogP contribution >= 0.6 is 23.2 Å². The Labute approximate surface area is 139 Å². The summed E-state index contributed by atoms with van der Waals surface area (Å²) in [6.45, 7) is 7.98. The Bertz CT molecular complexity index is 461. The molecule has 1 aliphatic rings. The molecule has 1 aromatic rings. The Kier molecular flexibility index (Phi) is 6.40. The van der Waals surface area contributed by atoms with E-state index in [2.05, 4.69) is 32.2 Å². The van der Waals surface area contributed by atoms with E-state index in [1.165, 1.54) is 24.8 Å². The topological polar surface area (TPSA) is 12.0 Å². The minimum absolute atomic E-state index is 0.517. The highest BCUT2D eigenvalue weighted by molar-refractivity contribution is 6.35. The van der Waals surface area contributed by atoms with Gasteiger partial charge in [-0.1, -0.05) is 56.5 Å². The van der Waals surface area contributed by atoms with Crippen molar-refractivity contribution in [2.24, 2.45) is 17.8 Å². The molecule has 21 heavy (non-hydrogen) atoms. The maximum atomic E-state index is 6.35. The van der Waals surface area contributed by atoms with E-state index in [0.29, 0.717) is 11.1 Å². The zero-order valence-corrected chi connectivity index (χ0v) is 14.8. The second-order valence-electron chi connectivity index (χ2n) is 6.63. The number of benzene rings is 1. The van der Waals surface area contributed by atoms with E-state index in [1.54, 1.807) is 0 Å². The average molecular weight is 328 g/mol. The quantitative estimate of drug-likeness (QED) is 0.743. The SMILES string of the molecule is CCNC(Cc1ccc(Cl)cc1Cl)C1CCC(C)C(C)C1. The second-order valence-corrected chi connectivity index (χ2v) is 7.48. The Hall–Kier alpha value is -0.240. The van der Waals surface area contributed by atoms with E-state index in [9.17, 15) is 0 Å². The van der Waals surface area contributed by atoms with Crippen LogP contribution in [-0.4, -0.2) is 12.6 Å². The molecule has 1 N–H and O–H groups in total. The van der Waals surface area contributed by atoms with Crippen molar-refractivity contribution in [3.05, 3.63) is 33.8 Å². The van der Waals surface area contributed by atoms with E-state index < -0.39 is 0 Å². The van der Waals surface area contributed by atoms with Crippen molar-refractivity contribution in [1.29, 1.82) is 0 Å². The summed E-state index contributed by atoms with van der Waals surface area (Å²) in [5.74, 6) is 2.44. The lowest BCUT2D eigenvalue weighted by molar-refractivity contribution is 0.171. The van der Waals surface area contributed by atoms with Crippen LogP contribution in [-0.2, 0) is 6.42 Å². The molecule has 1 aromatic carbocycles. The second kappa shape index (κ2) is 7.85. The Morgan fingerprint density at radius 3 is 2.57 bits per heavy atom. The molecule has 0 amide bonds. The van der Waals surface area contributed by atoms with Crippen molar-refractivity contribution < 1.29 is 0 Å². The molecule has 0 aromatic heterocycles. The molecule has 4 atom stereocenters. The van der Waals surface area contributed by atoms with Crippen molar-refractivity contribution in [3.8, 4) is 0 Å². The smallest absolute Gasteiger partial charge is 0.0453 e. The summed E-state index contributed by atoms with van der Waals surface area (Å²) in [4.78, 5) is 0. The van der Waals surface area contributed by atoms with Gasteiger partial charge in [-0.2, -0.15) is 0 Å². The first-order chi connectivity index (χ1) is 10.0. The molecule has 1 fully saturated rings. The molecule has 118 valence electrons. The van der Waals surface area contributed by atoms with Crippen LogP contribution < -0.4 is 5.32 Å². The minimum atomic E-state index is 0.517. The third kappa shape index (κ3) is 4.61. The largest absolute Gasteiger partial charge is 0.314 e. The molecule has 3 heteroatoms. The van der Waals surface area contributed by atoms with Gasteiger partial charge in [0.1, 0.15) is 0 Å². The zero-order valence-electron chi connectivity index (χ0n) is 13.3. The number of hydrogen-bond donors (Lipinski definition) is 1. The van der Waals surface area contributed by atoms with Crippen LogP contribution in [0, 0.1) is 17.8 Å². The van der Waals surface area contributed by atoms with Gasteiger partial charge in [-0.05, 0) is 61.3 Å². The molecular weight excluding hydrogens is 301 g/mol. The maximum Gasteiger partial charge on any atom is 0.0453 e. The number of hydrogen-bond acceptors (Lipinski definition) is 1. The third-order valence-corrected chi connectivity index (χ3v) is 5.72. The summed E-state index contributed by atoms with van der Waals surface area (Å²) in [5.41, 5.74) is 1.21. The van der Waals surface area contributed by atoms with Gasteiger partial charge in [0.15, 0.2) is 0 Å². The number of nitrogens with one attached hydrogen (secondary N) is 1. The molecule has 0 radical (unpaired) electrons. The fourth-order valence-corrected chi connectivity index (χ4v) is 4.03. The van der Waals surface area contributed by atoms with E-state index >= 15 is 0 Å². The van der Waals surface area contributed by atoms with Crippen LogP contribution in [0.1, 0.15) is 45.6 Å². The third-order valence-electron chi connectivity index (χ3n) is 5.13. The van der Waals surface area contributed by atoms with E-state index in [-0.39, 0.29) is 0 Å². The number of rotatable bonds is 5. The number of likely N-dealkylation sites (N-methyl/N-ethyl adjacent to an activating group) is 1. The summed E-state index contributed by atoms with van der Waals surface area (Å²) in [7, 11) is 0. The molecule has 0 heterocycles. The molecule has 4 unspecified atom stereocenters. The van der Waals surface area contributed by atoms with Crippen molar-refractivity contribution >= 4 is 23.2 Å². The van der Waals surface area contributed by atoms with Crippen molar-refractivity contribution in [3.63, 3.8) is 0 Å². The monoisotopic (exact) mass is 327 g/mol. The Morgan fingerprint density at radius 1 is 1.19 bits per heavy atom. The highest BCUT2D eigenvalue weighted by atomic mass is 35.5. The van der Waals surface area contributed by atoms with Crippen LogP contribution in [0.2, 0.25) is 10.0 Å². The summed E-state index contributed by atoms with van der Waals surface area (Å²) < 4.78 is 0. The predicted octanol–water partition coefficient (Wildman–Crippen LogP) is 5.59. The normalized spacial score (nSPS) is 27.6. The van der Waals surface area contributed by atoms with Gasteiger partial charge in [0.2, 0.25) is 0 Å². The fraction of sp³-hybridized carbons (Fsp3) is 0.667. The lowest BCUT2D eigenvalue weighted by Gasteiger charge is -2.37. The van der Waals surface area contributed by atoms with Gasteiger partial charge in [0.05, 0.1) is 0 Å². The lowest BCUT2D eigenvalue weighted by atomic mass is 9.72. The van der Waals surface area contributed by atoms with Crippen LogP contribution in [0.5, 0.6) is 0 Å². The van der Waals surface area contributed by atoms with Crippen LogP contribution in [0.25, 0.3) is 0 Å². The van der Waals surface area contributed by atoms with Gasteiger partial charge in [-0.15, -0.1) is 0 Å². The van der Waals surface area contributed by atoms with Crippen molar-refractivity contribution in [2.75, 3.05) is 6.54 Å². The number of halogens is 2. The minimum Gasteiger partial charge on any atom is -0.314 e. The van der Waals surface area contributed by atoms with E-state index in [4.69, 9.17) is 23.2 Å². The van der Waals surface area contributed by atoms with Gasteiger partial charge in [0.25, 0.3) is 0 Å². The highest BCUT2D eigenvalue weighted by Crippen LogP contribution is 2.36. The molecule has 1 saturated carbocycles. The Balaban J connectivity index is 2.08. The van der Waals surface area contributed by atoms with Gasteiger partial charge >= 0.3 is 0 Å². The molecular formula is C18H27Cl2N. The van der Waals surface area contributed by atoms with Crippen molar-refractivity contribution in [2.45, 2.75) is 52.5 Å². The molecule has 0 bridgehead atoms. The van der Waals surface area contributed by atoms with Gasteiger partial charge in [-0.3, -0.25) is 0 Å². The average Bonchev–Trinajstić information content (AvgIpc) is 2.44. The molecule has 1 aliphatic carbocycles. The summed E-state index contributed by atoms with van der Waals surface area (Å²) in [6, 6.07) is 6.39. The molecule has 0 saturated heterocycles. The summed E-state index contributed by atoms with van der Waals surface area (Å²) >= 11 is 12.4.